The number of methoxy groups -OCH3 is 2. The molecule has 2 aromatic carbocycles. The molecule has 0 atom stereocenters. The summed E-state index contributed by atoms with van der Waals surface area (Å²) in [4.78, 5) is 0. The van der Waals surface area contributed by atoms with Crippen molar-refractivity contribution in [1.82, 2.24) is 14.9 Å². The molecule has 0 spiro atoms. The summed E-state index contributed by atoms with van der Waals surface area (Å²) in [5.41, 5.74) is 1.38. The lowest BCUT2D eigenvalue weighted by Crippen LogP contribution is -1.97. The van der Waals surface area contributed by atoms with Crippen molar-refractivity contribution in [1.29, 1.82) is 0 Å². The smallest absolute Gasteiger partial charge is 0.216 e. The highest BCUT2D eigenvalue weighted by molar-refractivity contribution is 7.71. The van der Waals surface area contributed by atoms with Gasteiger partial charge in [0.15, 0.2) is 5.82 Å². The largest absolute Gasteiger partial charge is 0.497 e. The molecule has 9 heteroatoms. The molecule has 6 nitrogen and oxygen atoms in total. The Morgan fingerprint density at radius 2 is 1.96 bits per heavy atom. The van der Waals surface area contributed by atoms with E-state index in [1.165, 1.54) is 4.68 Å². The van der Waals surface area contributed by atoms with E-state index in [4.69, 9.17) is 44.9 Å². The van der Waals surface area contributed by atoms with E-state index in [9.17, 15) is 0 Å². The van der Waals surface area contributed by atoms with Crippen molar-refractivity contribution in [3.8, 4) is 22.9 Å². The zero-order valence-corrected chi connectivity index (χ0v) is 16.2. The topological polar surface area (TPSA) is 64.4 Å². The van der Waals surface area contributed by atoms with Crippen molar-refractivity contribution in [3.05, 3.63) is 56.8 Å². The van der Waals surface area contributed by atoms with Crippen molar-refractivity contribution in [2.24, 2.45) is 5.10 Å². The number of ether oxygens (including phenoxy) is 2. The number of hydrogen-bond donors (Lipinski definition) is 1. The van der Waals surface area contributed by atoms with Crippen molar-refractivity contribution >= 4 is 41.6 Å². The van der Waals surface area contributed by atoms with Gasteiger partial charge in [0.1, 0.15) is 11.5 Å². The maximum atomic E-state index is 6.28. The average Bonchev–Trinajstić information content (AvgIpc) is 3.00. The van der Waals surface area contributed by atoms with E-state index >= 15 is 0 Å². The summed E-state index contributed by atoms with van der Waals surface area (Å²) in [6.07, 6.45) is 1.61. The normalized spacial score (nSPS) is 11.1. The minimum Gasteiger partial charge on any atom is -0.497 e. The van der Waals surface area contributed by atoms with Gasteiger partial charge in [-0.25, -0.2) is 5.10 Å². The van der Waals surface area contributed by atoms with Gasteiger partial charge in [-0.05, 0) is 48.6 Å². The molecule has 0 amide bonds. The molecule has 1 N–H and O–H groups in total. The molecule has 0 unspecified atom stereocenters. The van der Waals surface area contributed by atoms with Crippen LogP contribution in [0.2, 0.25) is 10.0 Å². The zero-order valence-electron chi connectivity index (χ0n) is 13.9. The number of halogens is 2. The van der Waals surface area contributed by atoms with E-state index in [1.807, 2.05) is 0 Å². The lowest BCUT2D eigenvalue weighted by molar-refractivity contribution is 0.402. The molecule has 0 bridgehead atoms. The van der Waals surface area contributed by atoms with E-state index in [1.54, 1.807) is 56.8 Å². The van der Waals surface area contributed by atoms with Gasteiger partial charge in [-0.1, -0.05) is 23.2 Å². The zero-order chi connectivity index (χ0) is 18.7. The van der Waals surface area contributed by atoms with Crippen molar-refractivity contribution in [2.75, 3.05) is 14.2 Å². The lowest BCUT2D eigenvalue weighted by Gasteiger charge is -2.07. The van der Waals surface area contributed by atoms with Crippen LogP contribution in [-0.2, 0) is 0 Å². The number of nitrogens with one attached hydrogen (secondary N) is 1. The van der Waals surface area contributed by atoms with Gasteiger partial charge >= 0.3 is 0 Å². The number of benzene rings is 2. The SMILES string of the molecule is COc1ccc(OC)c(/C=N\n2c(-c3ccc(Cl)cc3Cl)n[nH]c2=S)c1. The first-order valence-corrected chi connectivity index (χ1v) is 8.59. The second kappa shape index (κ2) is 7.90. The van der Waals surface area contributed by atoms with Crippen molar-refractivity contribution in [2.45, 2.75) is 0 Å². The minimum atomic E-state index is 0.323. The highest BCUT2D eigenvalue weighted by atomic mass is 35.5. The number of rotatable bonds is 5. The molecule has 134 valence electrons. The highest BCUT2D eigenvalue weighted by Crippen LogP contribution is 2.29. The molecule has 0 saturated carbocycles. The van der Waals surface area contributed by atoms with Crippen molar-refractivity contribution in [3.63, 3.8) is 0 Å². The summed E-state index contributed by atoms with van der Waals surface area (Å²) < 4.78 is 12.4. The molecule has 0 aliphatic heterocycles. The number of H-pyrrole nitrogens is 1. The number of aromatic nitrogens is 3. The standard InChI is InChI=1S/C17H14Cl2N4O2S/c1-24-12-4-6-15(25-2)10(7-12)9-20-23-16(21-22-17(23)26)13-5-3-11(18)8-14(13)19/h3-9H,1-2H3,(H,22,26)/b20-9-. The van der Waals surface area contributed by atoms with Gasteiger partial charge in [0.05, 0.1) is 25.5 Å². The Balaban J connectivity index is 2.05. The van der Waals surface area contributed by atoms with Crippen LogP contribution in [0.15, 0.2) is 41.5 Å². The van der Waals surface area contributed by atoms with Crippen LogP contribution >= 0.6 is 35.4 Å². The molecule has 0 aliphatic rings. The molecular weight excluding hydrogens is 395 g/mol. The molecule has 26 heavy (non-hydrogen) atoms. The summed E-state index contributed by atoms with van der Waals surface area (Å²) in [6.45, 7) is 0. The number of aromatic amines is 1. The molecule has 1 heterocycles. The quantitative estimate of drug-likeness (QED) is 0.485. The highest BCUT2D eigenvalue weighted by Gasteiger charge is 2.12. The van der Waals surface area contributed by atoms with Crippen LogP contribution in [0.4, 0.5) is 0 Å². The monoisotopic (exact) mass is 408 g/mol. The summed E-state index contributed by atoms with van der Waals surface area (Å²) >= 11 is 17.5. The fraction of sp³-hybridized carbons (Fsp3) is 0.118. The maximum Gasteiger partial charge on any atom is 0.216 e. The predicted octanol–water partition coefficient (Wildman–Crippen LogP) is 4.81. The second-order valence-corrected chi connectivity index (χ2v) is 6.37. The van der Waals surface area contributed by atoms with E-state index in [0.29, 0.717) is 37.7 Å². The Morgan fingerprint density at radius 3 is 2.65 bits per heavy atom. The van der Waals surface area contributed by atoms with Crippen molar-refractivity contribution < 1.29 is 9.47 Å². The van der Waals surface area contributed by atoms with E-state index in [0.717, 1.165) is 5.56 Å². The molecule has 3 rings (SSSR count). The Labute approximate surface area is 165 Å². The van der Waals surface area contributed by atoms with Gasteiger partial charge in [-0.2, -0.15) is 14.9 Å². The Kier molecular flexibility index (Phi) is 5.61. The van der Waals surface area contributed by atoms with Gasteiger partial charge in [0.2, 0.25) is 4.77 Å². The van der Waals surface area contributed by atoms with Gasteiger partial charge in [0, 0.05) is 16.1 Å². The van der Waals surface area contributed by atoms with Crippen LogP contribution in [0, 0.1) is 4.77 Å². The van der Waals surface area contributed by atoms with Crippen LogP contribution in [0.5, 0.6) is 11.5 Å². The maximum absolute atomic E-state index is 6.28. The molecule has 0 saturated heterocycles. The van der Waals surface area contributed by atoms with Gasteiger partial charge < -0.3 is 9.47 Å². The van der Waals surface area contributed by atoms with E-state index in [-0.39, 0.29) is 0 Å². The summed E-state index contributed by atoms with van der Waals surface area (Å²) in [7, 11) is 3.18. The molecular formula is C17H14Cl2N4O2S. The van der Waals surface area contributed by atoms with Gasteiger partial charge in [0.25, 0.3) is 0 Å². The van der Waals surface area contributed by atoms with Crippen LogP contribution in [0.3, 0.4) is 0 Å². The van der Waals surface area contributed by atoms with E-state index in [2.05, 4.69) is 15.3 Å². The number of nitrogens with zero attached hydrogens (tertiary/aromatic N) is 3. The summed E-state index contributed by atoms with van der Waals surface area (Å²) in [5.74, 6) is 1.80. The molecule has 0 radical (unpaired) electrons. The van der Waals surface area contributed by atoms with Crippen LogP contribution in [0.25, 0.3) is 11.4 Å². The first-order chi connectivity index (χ1) is 12.5. The van der Waals surface area contributed by atoms with Gasteiger partial charge in [-0.3, -0.25) is 0 Å². The average molecular weight is 409 g/mol. The molecule has 3 aromatic rings. The first kappa shape index (κ1) is 18.4. The van der Waals surface area contributed by atoms with Crippen LogP contribution in [-0.4, -0.2) is 35.3 Å². The Morgan fingerprint density at radius 1 is 1.15 bits per heavy atom. The lowest BCUT2D eigenvalue weighted by atomic mass is 10.2. The fourth-order valence-electron chi connectivity index (χ4n) is 2.30. The summed E-state index contributed by atoms with van der Waals surface area (Å²) in [6, 6.07) is 10.5. The predicted molar refractivity (Wildman–Crippen MR) is 105 cm³/mol. The Hall–Kier alpha value is -2.35. The fourth-order valence-corrected chi connectivity index (χ4v) is 2.98. The minimum absolute atomic E-state index is 0.323. The third-order valence-corrected chi connectivity index (χ3v) is 4.38. The third kappa shape index (κ3) is 3.75. The van der Waals surface area contributed by atoms with Crippen LogP contribution < -0.4 is 9.47 Å². The molecule has 0 fully saturated rings. The molecule has 1 aromatic heterocycles. The number of hydrogen-bond acceptors (Lipinski definition) is 5. The second-order valence-electron chi connectivity index (χ2n) is 5.14. The van der Waals surface area contributed by atoms with Crippen LogP contribution in [0.1, 0.15) is 5.56 Å². The third-order valence-electron chi connectivity index (χ3n) is 3.57. The Bertz CT molecular complexity index is 1030. The first-order valence-electron chi connectivity index (χ1n) is 7.42. The summed E-state index contributed by atoms with van der Waals surface area (Å²) in [5, 5.41) is 12.3. The van der Waals surface area contributed by atoms with Gasteiger partial charge in [-0.15, -0.1) is 0 Å². The molecule has 0 aliphatic carbocycles. The van der Waals surface area contributed by atoms with E-state index < -0.39 is 0 Å².